The lowest BCUT2D eigenvalue weighted by atomic mass is 9.72. The molecule has 0 radical (unpaired) electrons. The first-order valence-electron chi connectivity index (χ1n) is 20.9. The minimum Gasteiger partial charge on any atom is -0.0616 e. The highest BCUT2D eigenvalue weighted by Gasteiger charge is 2.38. The Hall–Kier alpha value is -6.24. The molecular weight excluding hydrogens is 685 g/mol. The second kappa shape index (κ2) is 11.0. The maximum Gasteiger partial charge on any atom is 0.0159 e. The van der Waals surface area contributed by atoms with Crippen molar-refractivity contribution in [1.82, 2.24) is 0 Å². The van der Waals surface area contributed by atoms with Crippen LogP contribution in [0.5, 0.6) is 0 Å². The van der Waals surface area contributed by atoms with Gasteiger partial charge in [0.05, 0.1) is 0 Å². The number of hydrogen-bond acceptors (Lipinski definition) is 0. The minimum absolute atomic E-state index is 0.126. The van der Waals surface area contributed by atoms with E-state index in [0.29, 0.717) is 5.92 Å². The zero-order valence-corrected chi connectivity index (χ0v) is 33.0. The Morgan fingerprint density at radius 3 is 1.96 bits per heavy atom. The van der Waals surface area contributed by atoms with Gasteiger partial charge in [-0.2, -0.15) is 0 Å². The third kappa shape index (κ3) is 4.03. The van der Waals surface area contributed by atoms with Crippen LogP contribution >= 0.6 is 0 Å². The van der Waals surface area contributed by atoms with Gasteiger partial charge < -0.3 is 0 Å². The molecule has 8 aromatic carbocycles. The highest BCUT2D eigenvalue weighted by molar-refractivity contribution is 6.19. The SMILES string of the molecule is Cc1c2ccc(C3=CC=C4C5=C(CCCC35)c3ccccc34)cc2c(C)c2cc3c(cc12)-c1ccc(-c2ccc4c5c(cccc25)-c2ccccc2-4)cc1C3(C)C. The summed E-state index contributed by atoms with van der Waals surface area (Å²) in [7, 11) is 0. The quantitative estimate of drug-likeness (QED) is 0.156. The third-order valence-electron chi connectivity index (χ3n) is 14.9. The molecule has 0 amide bonds. The summed E-state index contributed by atoms with van der Waals surface area (Å²) in [6, 6.07) is 49.2. The molecule has 0 saturated heterocycles. The molecule has 13 rings (SSSR count). The van der Waals surface area contributed by atoms with Gasteiger partial charge in [-0.05, 0) is 195 Å². The Labute approximate surface area is 334 Å². The predicted molar refractivity (Wildman–Crippen MR) is 243 cm³/mol. The number of aryl methyl sites for hydroxylation is 2. The highest BCUT2D eigenvalue weighted by atomic mass is 14.4. The first kappa shape index (κ1) is 31.9. The first-order chi connectivity index (χ1) is 27.9. The van der Waals surface area contributed by atoms with E-state index in [1.165, 1.54) is 146 Å². The summed E-state index contributed by atoms with van der Waals surface area (Å²) in [6.07, 6.45) is 8.54. The maximum atomic E-state index is 2.55. The van der Waals surface area contributed by atoms with Gasteiger partial charge in [0, 0.05) is 11.3 Å². The van der Waals surface area contributed by atoms with E-state index < -0.39 is 0 Å². The number of rotatable bonds is 2. The zero-order valence-electron chi connectivity index (χ0n) is 33.0. The summed E-state index contributed by atoms with van der Waals surface area (Å²) in [5.74, 6) is 0.467. The van der Waals surface area contributed by atoms with Crippen LogP contribution in [-0.4, -0.2) is 0 Å². The van der Waals surface area contributed by atoms with Gasteiger partial charge in [-0.25, -0.2) is 0 Å². The molecule has 0 aromatic heterocycles. The Morgan fingerprint density at radius 1 is 0.474 bits per heavy atom. The van der Waals surface area contributed by atoms with Crippen LogP contribution in [0.25, 0.3) is 93.5 Å². The molecule has 0 heteroatoms. The van der Waals surface area contributed by atoms with E-state index in [9.17, 15) is 0 Å². The van der Waals surface area contributed by atoms with Gasteiger partial charge in [0.2, 0.25) is 0 Å². The molecule has 0 nitrogen and oxygen atoms in total. The van der Waals surface area contributed by atoms with Crippen LogP contribution in [0.3, 0.4) is 0 Å². The molecule has 0 heterocycles. The summed E-state index contributed by atoms with van der Waals surface area (Å²) in [6.45, 7) is 9.58. The van der Waals surface area contributed by atoms with Crippen LogP contribution in [0.2, 0.25) is 0 Å². The second-order valence-corrected chi connectivity index (χ2v) is 17.9. The van der Waals surface area contributed by atoms with Gasteiger partial charge in [-0.3, -0.25) is 0 Å². The average Bonchev–Trinajstić information content (AvgIpc) is 3.84. The van der Waals surface area contributed by atoms with Gasteiger partial charge in [0.1, 0.15) is 0 Å². The van der Waals surface area contributed by atoms with Gasteiger partial charge in [-0.15, -0.1) is 0 Å². The molecule has 0 fully saturated rings. The topological polar surface area (TPSA) is 0 Å². The van der Waals surface area contributed by atoms with Gasteiger partial charge >= 0.3 is 0 Å². The van der Waals surface area contributed by atoms with Crippen LogP contribution < -0.4 is 0 Å². The van der Waals surface area contributed by atoms with Crippen molar-refractivity contribution >= 4 is 49.0 Å². The average molecular weight is 727 g/mol. The van der Waals surface area contributed by atoms with Crippen LogP contribution in [0.4, 0.5) is 0 Å². The van der Waals surface area contributed by atoms with E-state index in [1.54, 1.807) is 11.1 Å². The van der Waals surface area contributed by atoms with Gasteiger partial charge in [-0.1, -0.05) is 129 Å². The third-order valence-corrected chi connectivity index (χ3v) is 14.9. The van der Waals surface area contributed by atoms with Crippen molar-refractivity contribution in [3.05, 3.63) is 184 Å². The van der Waals surface area contributed by atoms with E-state index in [2.05, 4.69) is 167 Å². The summed E-state index contributed by atoms with van der Waals surface area (Å²) in [5, 5.41) is 8.25. The van der Waals surface area contributed by atoms with Crippen LogP contribution in [0, 0.1) is 19.8 Å². The van der Waals surface area contributed by atoms with Gasteiger partial charge in [0.15, 0.2) is 0 Å². The lowest BCUT2D eigenvalue weighted by Crippen LogP contribution is -2.15. The van der Waals surface area contributed by atoms with Crippen LogP contribution in [0.1, 0.15) is 72.1 Å². The molecule has 8 aromatic rings. The van der Waals surface area contributed by atoms with E-state index in [1.807, 2.05) is 0 Å². The monoisotopic (exact) mass is 726 g/mol. The van der Waals surface area contributed by atoms with E-state index in [-0.39, 0.29) is 5.41 Å². The van der Waals surface area contributed by atoms with Crippen molar-refractivity contribution in [1.29, 1.82) is 0 Å². The zero-order chi connectivity index (χ0) is 37.9. The number of benzene rings is 8. The predicted octanol–water partition coefficient (Wildman–Crippen LogP) is 15.4. The van der Waals surface area contributed by atoms with E-state index >= 15 is 0 Å². The van der Waals surface area contributed by atoms with Gasteiger partial charge in [0.25, 0.3) is 0 Å². The molecule has 1 unspecified atom stereocenters. The lowest BCUT2D eigenvalue weighted by Gasteiger charge is -2.31. The largest absolute Gasteiger partial charge is 0.0616 e. The highest BCUT2D eigenvalue weighted by Crippen LogP contribution is 2.57. The fourth-order valence-corrected chi connectivity index (χ4v) is 12.1. The smallest absolute Gasteiger partial charge is 0.0159 e. The molecule has 0 saturated carbocycles. The molecule has 0 N–H and O–H groups in total. The standard InChI is InChI=1S/C57H42/c1-31-35-21-19-33(36-23-25-47-40-13-7-5-11-38(40)45-17-9-15-43(36)55(45)47)27-49(35)32(2)51-30-54-52(29-50(31)51)42-22-20-34(28-53(42)57(54,3)4)37-24-26-48-41-14-8-6-12-39(41)46-18-10-16-44(37)56(46)48/h5-8,10-14,16,18-30,43H,9,15,17H2,1-4H3. The van der Waals surface area contributed by atoms with Crippen LogP contribution in [0.15, 0.2) is 145 Å². The Balaban J connectivity index is 0.930. The van der Waals surface area contributed by atoms with Crippen molar-refractivity contribution < 1.29 is 0 Å². The Kier molecular flexibility index (Phi) is 6.15. The summed E-state index contributed by atoms with van der Waals surface area (Å²) < 4.78 is 0. The van der Waals surface area contributed by atoms with Crippen molar-refractivity contribution in [3.63, 3.8) is 0 Å². The summed E-state index contributed by atoms with van der Waals surface area (Å²) in [5.41, 5.74) is 26.7. The number of hydrogen-bond donors (Lipinski definition) is 0. The fourth-order valence-electron chi connectivity index (χ4n) is 12.1. The molecule has 0 spiro atoms. The van der Waals surface area contributed by atoms with Crippen LogP contribution in [-0.2, 0) is 5.41 Å². The van der Waals surface area contributed by atoms with E-state index in [0.717, 1.165) is 0 Å². The second-order valence-electron chi connectivity index (χ2n) is 17.9. The molecular formula is C57H42. The molecule has 5 aliphatic carbocycles. The Bertz CT molecular complexity index is 3270. The summed E-state index contributed by atoms with van der Waals surface area (Å²) in [4.78, 5) is 0. The van der Waals surface area contributed by atoms with Crippen molar-refractivity contribution in [2.45, 2.75) is 52.4 Å². The normalized spacial score (nSPS) is 17.7. The molecule has 0 bridgehead atoms. The van der Waals surface area contributed by atoms with E-state index in [4.69, 9.17) is 0 Å². The number of allylic oxidation sites excluding steroid dienone is 6. The number of fused-ring (bicyclic) bond motifs is 11. The first-order valence-corrected chi connectivity index (χ1v) is 20.9. The van der Waals surface area contributed by atoms with Crippen molar-refractivity contribution in [3.8, 4) is 44.5 Å². The molecule has 0 aliphatic heterocycles. The fraction of sp³-hybridized carbons (Fsp3) is 0.158. The molecule has 1 atom stereocenters. The summed E-state index contributed by atoms with van der Waals surface area (Å²) >= 11 is 0. The van der Waals surface area contributed by atoms with Crippen molar-refractivity contribution in [2.75, 3.05) is 0 Å². The maximum absolute atomic E-state index is 2.55. The lowest BCUT2D eigenvalue weighted by molar-refractivity contribution is 0.636. The Morgan fingerprint density at radius 2 is 1.12 bits per heavy atom. The molecule has 57 heavy (non-hydrogen) atoms. The minimum atomic E-state index is -0.126. The molecule has 270 valence electrons. The molecule has 5 aliphatic rings. The van der Waals surface area contributed by atoms with Crippen molar-refractivity contribution in [2.24, 2.45) is 5.92 Å².